The molecular formula is C16H23N3. The summed E-state index contributed by atoms with van der Waals surface area (Å²) in [6, 6.07) is 9.10. The second-order valence-electron chi connectivity index (χ2n) is 5.57. The Hall–Kier alpha value is -1.61. The number of benzene rings is 1. The summed E-state index contributed by atoms with van der Waals surface area (Å²) in [5.41, 5.74) is 3.62. The smallest absolute Gasteiger partial charge is 0.137 e. The van der Waals surface area contributed by atoms with E-state index in [1.807, 2.05) is 6.20 Å². The predicted molar refractivity (Wildman–Crippen MR) is 80.1 cm³/mol. The summed E-state index contributed by atoms with van der Waals surface area (Å²) in [5.74, 6) is 1.51. The van der Waals surface area contributed by atoms with Crippen molar-refractivity contribution in [2.75, 3.05) is 0 Å². The first-order chi connectivity index (χ1) is 9.06. The number of rotatable bonds is 5. The molecular weight excluding hydrogens is 234 g/mol. The summed E-state index contributed by atoms with van der Waals surface area (Å²) in [6.07, 6.45) is 1.90. The maximum Gasteiger partial charge on any atom is 0.137 e. The van der Waals surface area contributed by atoms with Gasteiger partial charge in [-0.1, -0.05) is 52.0 Å². The number of hydrogen-bond acceptors (Lipinski definition) is 2. The van der Waals surface area contributed by atoms with E-state index >= 15 is 0 Å². The lowest BCUT2D eigenvalue weighted by atomic mass is 10.0. The minimum atomic E-state index is 0.483. The van der Waals surface area contributed by atoms with Crippen LogP contribution in [0.3, 0.4) is 0 Å². The van der Waals surface area contributed by atoms with E-state index in [9.17, 15) is 0 Å². The molecule has 0 aliphatic rings. The van der Waals surface area contributed by atoms with Gasteiger partial charge in [-0.05, 0) is 11.5 Å². The van der Waals surface area contributed by atoms with Gasteiger partial charge in [0.25, 0.3) is 0 Å². The topological polar surface area (TPSA) is 40.7 Å². The molecule has 0 saturated heterocycles. The van der Waals surface area contributed by atoms with Crippen molar-refractivity contribution in [2.24, 2.45) is 0 Å². The first-order valence-corrected chi connectivity index (χ1v) is 6.94. The van der Waals surface area contributed by atoms with Crippen molar-refractivity contribution < 1.29 is 0 Å². The van der Waals surface area contributed by atoms with Crippen molar-refractivity contribution in [3.63, 3.8) is 0 Å². The van der Waals surface area contributed by atoms with Crippen LogP contribution in [0.2, 0.25) is 0 Å². The third-order valence-electron chi connectivity index (χ3n) is 3.18. The summed E-state index contributed by atoms with van der Waals surface area (Å²) in [6.45, 7) is 9.52. The summed E-state index contributed by atoms with van der Waals surface area (Å²) < 4.78 is 0. The van der Waals surface area contributed by atoms with Gasteiger partial charge in [-0.25, -0.2) is 4.98 Å². The largest absolute Gasteiger partial charge is 0.341 e. The third kappa shape index (κ3) is 3.67. The van der Waals surface area contributed by atoms with Crippen LogP contribution in [0, 0.1) is 0 Å². The Morgan fingerprint density at radius 2 is 1.79 bits per heavy atom. The van der Waals surface area contributed by atoms with E-state index in [-0.39, 0.29) is 0 Å². The standard InChI is InChI=1S/C16H23N3/c1-11(2)13-5-7-14(8-6-13)16-18-10-15(19-16)9-17-12(3)4/h5-8,10-12,17H,9H2,1-4H3,(H,18,19). The van der Waals surface area contributed by atoms with Crippen LogP contribution in [-0.2, 0) is 6.54 Å². The first-order valence-electron chi connectivity index (χ1n) is 6.94. The highest BCUT2D eigenvalue weighted by molar-refractivity contribution is 5.55. The fourth-order valence-electron chi connectivity index (χ4n) is 1.94. The number of H-pyrrole nitrogens is 1. The lowest BCUT2D eigenvalue weighted by molar-refractivity contribution is 0.583. The van der Waals surface area contributed by atoms with Crippen molar-refractivity contribution in [1.29, 1.82) is 0 Å². The Bertz CT molecular complexity index is 509. The van der Waals surface area contributed by atoms with Crippen molar-refractivity contribution in [3.8, 4) is 11.4 Å². The molecule has 102 valence electrons. The lowest BCUT2D eigenvalue weighted by Crippen LogP contribution is -2.21. The molecule has 1 aromatic carbocycles. The minimum absolute atomic E-state index is 0.483. The van der Waals surface area contributed by atoms with Gasteiger partial charge < -0.3 is 10.3 Å². The van der Waals surface area contributed by atoms with Gasteiger partial charge in [-0.15, -0.1) is 0 Å². The molecule has 0 aliphatic carbocycles. The van der Waals surface area contributed by atoms with Crippen LogP contribution in [0.5, 0.6) is 0 Å². The van der Waals surface area contributed by atoms with E-state index < -0.39 is 0 Å². The van der Waals surface area contributed by atoms with E-state index in [0.717, 1.165) is 23.6 Å². The van der Waals surface area contributed by atoms with Gasteiger partial charge >= 0.3 is 0 Å². The lowest BCUT2D eigenvalue weighted by Gasteiger charge is -2.06. The molecule has 1 heterocycles. The Labute approximate surface area is 115 Å². The Kier molecular flexibility index (Phi) is 4.38. The highest BCUT2D eigenvalue weighted by atomic mass is 15.0. The number of aromatic nitrogens is 2. The molecule has 0 fully saturated rings. The Balaban J connectivity index is 2.09. The zero-order chi connectivity index (χ0) is 13.8. The molecule has 0 atom stereocenters. The van der Waals surface area contributed by atoms with Crippen LogP contribution in [0.25, 0.3) is 11.4 Å². The number of nitrogens with one attached hydrogen (secondary N) is 2. The van der Waals surface area contributed by atoms with E-state index in [0.29, 0.717) is 12.0 Å². The van der Waals surface area contributed by atoms with Gasteiger partial charge in [0.1, 0.15) is 5.82 Å². The van der Waals surface area contributed by atoms with E-state index in [4.69, 9.17) is 0 Å². The van der Waals surface area contributed by atoms with Crippen LogP contribution in [0.4, 0.5) is 0 Å². The molecule has 0 bridgehead atoms. The van der Waals surface area contributed by atoms with Crippen LogP contribution in [0.15, 0.2) is 30.5 Å². The summed E-state index contributed by atoms with van der Waals surface area (Å²) in [4.78, 5) is 7.80. The van der Waals surface area contributed by atoms with Gasteiger partial charge in [-0.2, -0.15) is 0 Å². The van der Waals surface area contributed by atoms with E-state index in [1.54, 1.807) is 0 Å². The first kappa shape index (κ1) is 13.8. The predicted octanol–water partition coefficient (Wildman–Crippen LogP) is 3.70. The van der Waals surface area contributed by atoms with Gasteiger partial charge in [-0.3, -0.25) is 0 Å². The fraction of sp³-hybridized carbons (Fsp3) is 0.438. The maximum atomic E-state index is 4.44. The van der Waals surface area contributed by atoms with Crippen molar-refractivity contribution in [3.05, 3.63) is 41.7 Å². The SMILES string of the molecule is CC(C)NCc1cnc(-c2ccc(C(C)C)cc2)[nH]1. The second-order valence-corrected chi connectivity index (χ2v) is 5.57. The molecule has 19 heavy (non-hydrogen) atoms. The van der Waals surface area contributed by atoms with Gasteiger partial charge in [0.15, 0.2) is 0 Å². The number of hydrogen-bond donors (Lipinski definition) is 2. The molecule has 0 radical (unpaired) electrons. The average Bonchev–Trinajstić information content (AvgIpc) is 2.85. The van der Waals surface area contributed by atoms with Crippen LogP contribution in [0.1, 0.15) is 44.9 Å². The van der Waals surface area contributed by atoms with Crippen LogP contribution in [-0.4, -0.2) is 16.0 Å². The molecule has 0 amide bonds. The quantitative estimate of drug-likeness (QED) is 0.857. The monoisotopic (exact) mass is 257 g/mol. The Morgan fingerprint density at radius 1 is 1.11 bits per heavy atom. The molecule has 0 aliphatic heterocycles. The second kappa shape index (κ2) is 6.02. The van der Waals surface area contributed by atoms with Gasteiger partial charge in [0, 0.05) is 30.0 Å². The third-order valence-corrected chi connectivity index (χ3v) is 3.18. The molecule has 0 spiro atoms. The summed E-state index contributed by atoms with van der Waals surface area (Å²) >= 11 is 0. The average molecular weight is 257 g/mol. The molecule has 0 saturated carbocycles. The fourth-order valence-corrected chi connectivity index (χ4v) is 1.94. The molecule has 3 heteroatoms. The maximum absolute atomic E-state index is 4.44. The zero-order valence-corrected chi connectivity index (χ0v) is 12.2. The van der Waals surface area contributed by atoms with Crippen molar-refractivity contribution in [1.82, 2.24) is 15.3 Å². The molecule has 3 nitrogen and oxygen atoms in total. The molecule has 1 aromatic heterocycles. The van der Waals surface area contributed by atoms with Gasteiger partial charge in [0.05, 0.1) is 0 Å². The number of nitrogens with zero attached hydrogens (tertiary/aromatic N) is 1. The van der Waals surface area contributed by atoms with E-state index in [1.165, 1.54) is 5.56 Å². The minimum Gasteiger partial charge on any atom is -0.341 e. The molecule has 0 unspecified atom stereocenters. The highest BCUT2D eigenvalue weighted by Crippen LogP contribution is 2.20. The molecule has 2 N–H and O–H groups in total. The Morgan fingerprint density at radius 3 is 2.37 bits per heavy atom. The summed E-state index contributed by atoms with van der Waals surface area (Å²) in [7, 11) is 0. The van der Waals surface area contributed by atoms with Crippen molar-refractivity contribution >= 4 is 0 Å². The number of aromatic amines is 1. The molecule has 2 aromatic rings. The summed E-state index contributed by atoms with van der Waals surface area (Å²) in [5, 5.41) is 3.38. The zero-order valence-electron chi connectivity index (χ0n) is 12.2. The highest BCUT2D eigenvalue weighted by Gasteiger charge is 2.05. The normalized spacial score (nSPS) is 11.5. The van der Waals surface area contributed by atoms with E-state index in [2.05, 4.69) is 67.2 Å². The van der Waals surface area contributed by atoms with Crippen molar-refractivity contribution in [2.45, 2.75) is 46.2 Å². The van der Waals surface area contributed by atoms with Crippen LogP contribution < -0.4 is 5.32 Å². The van der Waals surface area contributed by atoms with Gasteiger partial charge in [0.2, 0.25) is 0 Å². The molecule has 2 rings (SSSR count). The van der Waals surface area contributed by atoms with Crippen LogP contribution >= 0.6 is 0 Å². The number of imidazole rings is 1.